The number of rotatable bonds is 3. The Labute approximate surface area is 144 Å². The first-order valence-electron chi connectivity index (χ1n) is 7.17. The van der Waals surface area contributed by atoms with Crippen LogP contribution in [0.25, 0.3) is 22.7 Å². The van der Waals surface area contributed by atoms with Crippen LogP contribution < -0.4 is 0 Å². The van der Waals surface area contributed by atoms with E-state index in [2.05, 4.69) is 11.1 Å². The van der Waals surface area contributed by atoms with Crippen LogP contribution in [0.4, 0.5) is 0 Å². The largest absolute Gasteiger partial charge is 0.324 e. The van der Waals surface area contributed by atoms with Gasteiger partial charge in [-0.15, -0.1) is 0 Å². The van der Waals surface area contributed by atoms with Crippen LogP contribution in [0.5, 0.6) is 0 Å². The van der Waals surface area contributed by atoms with Crippen LogP contribution in [-0.2, 0) is 6.54 Å². The van der Waals surface area contributed by atoms with Gasteiger partial charge < -0.3 is 4.57 Å². The second kappa shape index (κ2) is 6.45. The Morgan fingerprint density at radius 3 is 2.74 bits per heavy atom. The minimum atomic E-state index is 0.432. The summed E-state index contributed by atoms with van der Waals surface area (Å²) in [5.41, 5.74) is 3.02. The molecule has 0 aliphatic carbocycles. The number of imidazole rings is 1. The number of hydrogen-bond acceptors (Lipinski definition) is 2. The summed E-state index contributed by atoms with van der Waals surface area (Å²) in [5, 5.41) is 10.5. The number of hydrogen-bond donors (Lipinski definition) is 0. The molecule has 1 heterocycles. The van der Waals surface area contributed by atoms with E-state index in [0.29, 0.717) is 27.0 Å². The van der Waals surface area contributed by atoms with Gasteiger partial charge in [-0.25, -0.2) is 4.98 Å². The minimum Gasteiger partial charge on any atom is -0.324 e. The molecule has 3 nitrogen and oxygen atoms in total. The van der Waals surface area contributed by atoms with Gasteiger partial charge in [0.15, 0.2) is 5.82 Å². The Morgan fingerprint density at radius 1 is 1.22 bits per heavy atom. The number of fused-ring (bicyclic) bond motifs is 1. The van der Waals surface area contributed by atoms with E-state index in [-0.39, 0.29) is 0 Å². The SMILES string of the molecule is CCn1c(/C(C#N)=C\c2cccc(Cl)c2Cl)nc2ccccc21. The summed E-state index contributed by atoms with van der Waals surface area (Å²) in [4.78, 5) is 4.60. The Hall–Kier alpha value is -2.28. The van der Waals surface area contributed by atoms with Crippen molar-refractivity contribution in [3.05, 3.63) is 63.9 Å². The van der Waals surface area contributed by atoms with Gasteiger partial charge in [0.25, 0.3) is 0 Å². The molecule has 0 radical (unpaired) electrons. The predicted molar refractivity (Wildman–Crippen MR) is 95.4 cm³/mol. The number of halogens is 2. The highest BCUT2D eigenvalue weighted by atomic mass is 35.5. The summed E-state index contributed by atoms with van der Waals surface area (Å²) < 4.78 is 2.02. The average Bonchev–Trinajstić information content (AvgIpc) is 2.94. The number of aryl methyl sites for hydroxylation is 1. The lowest BCUT2D eigenvalue weighted by molar-refractivity contribution is 0.775. The van der Waals surface area contributed by atoms with E-state index in [0.717, 1.165) is 17.6 Å². The van der Waals surface area contributed by atoms with E-state index in [1.54, 1.807) is 18.2 Å². The van der Waals surface area contributed by atoms with Gasteiger partial charge in [0.05, 0.1) is 26.7 Å². The van der Waals surface area contributed by atoms with Crippen LogP contribution in [0.3, 0.4) is 0 Å². The average molecular weight is 342 g/mol. The fourth-order valence-corrected chi connectivity index (χ4v) is 2.90. The summed E-state index contributed by atoms with van der Waals surface area (Å²) in [5.74, 6) is 0.632. The van der Waals surface area contributed by atoms with Crippen molar-refractivity contribution in [2.45, 2.75) is 13.5 Å². The first kappa shape index (κ1) is 15.6. The smallest absolute Gasteiger partial charge is 0.151 e. The molecule has 0 saturated carbocycles. The van der Waals surface area contributed by atoms with Gasteiger partial charge >= 0.3 is 0 Å². The first-order valence-corrected chi connectivity index (χ1v) is 7.92. The van der Waals surface area contributed by atoms with E-state index in [9.17, 15) is 5.26 Å². The molecule has 0 amide bonds. The van der Waals surface area contributed by atoms with Crippen molar-refractivity contribution in [1.82, 2.24) is 9.55 Å². The maximum atomic E-state index is 9.60. The molecule has 0 aliphatic heterocycles. The maximum absolute atomic E-state index is 9.60. The van der Waals surface area contributed by atoms with Crippen molar-refractivity contribution in [1.29, 1.82) is 5.26 Å². The molecule has 0 N–H and O–H groups in total. The molecule has 3 rings (SSSR count). The highest BCUT2D eigenvalue weighted by Gasteiger charge is 2.14. The predicted octanol–water partition coefficient (Wildman–Crippen LogP) is 5.43. The summed E-state index contributed by atoms with van der Waals surface area (Å²) in [6.45, 7) is 2.75. The van der Waals surface area contributed by atoms with E-state index < -0.39 is 0 Å². The molecule has 5 heteroatoms. The summed E-state index contributed by atoms with van der Waals surface area (Å²) in [7, 11) is 0. The maximum Gasteiger partial charge on any atom is 0.151 e. The zero-order chi connectivity index (χ0) is 16.4. The fourth-order valence-electron chi connectivity index (χ4n) is 2.54. The van der Waals surface area contributed by atoms with Gasteiger partial charge in [-0.2, -0.15) is 5.26 Å². The van der Waals surface area contributed by atoms with Crippen LogP contribution in [0.2, 0.25) is 10.0 Å². The van der Waals surface area contributed by atoms with Crippen LogP contribution in [0, 0.1) is 11.3 Å². The second-order valence-corrected chi connectivity index (χ2v) is 5.77. The third-order valence-electron chi connectivity index (χ3n) is 3.61. The van der Waals surface area contributed by atoms with E-state index in [4.69, 9.17) is 23.2 Å². The van der Waals surface area contributed by atoms with E-state index >= 15 is 0 Å². The number of benzene rings is 2. The molecule has 0 spiro atoms. The minimum absolute atomic E-state index is 0.432. The standard InChI is InChI=1S/C18H13Cl2N3/c1-2-23-16-9-4-3-8-15(16)22-18(23)13(11-21)10-12-6-5-7-14(19)17(12)20/h3-10H,2H2,1H3/b13-10-. The molecule has 0 atom stereocenters. The molecule has 0 saturated heterocycles. The number of allylic oxidation sites excluding steroid dienone is 1. The van der Waals surface area contributed by atoms with Gasteiger partial charge in [-0.3, -0.25) is 0 Å². The number of para-hydroxylation sites is 2. The van der Waals surface area contributed by atoms with Crippen LogP contribution >= 0.6 is 23.2 Å². The van der Waals surface area contributed by atoms with Crippen molar-refractivity contribution < 1.29 is 0 Å². The van der Waals surface area contributed by atoms with Crippen LogP contribution in [0.1, 0.15) is 18.3 Å². The van der Waals surface area contributed by atoms with Crippen molar-refractivity contribution in [3.8, 4) is 6.07 Å². The number of aromatic nitrogens is 2. The number of nitrogens with zero attached hydrogens (tertiary/aromatic N) is 3. The highest BCUT2D eigenvalue weighted by molar-refractivity contribution is 6.43. The third-order valence-corrected chi connectivity index (χ3v) is 4.45. The zero-order valence-corrected chi connectivity index (χ0v) is 13.9. The molecule has 3 aromatic rings. The lowest BCUT2D eigenvalue weighted by atomic mass is 10.1. The Kier molecular flexibility index (Phi) is 4.38. The quantitative estimate of drug-likeness (QED) is 0.596. The lowest BCUT2D eigenvalue weighted by Crippen LogP contribution is -2.00. The normalized spacial score (nSPS) is 11.7. The Balaban J connectivity index is 2.21. The molecular formula is C18H13Cl2N3. The van der Waals surface area contributed by atoms with Crippen LogP contribution in [-0.4, -0.2) is 9.55 Å². The summed E-state index contributed by atoms with van der Waals surface area (Å²) in [6.07, 6.45) is 1.72. The molecule has 0 unspecified atom stereocenters. The summed E-state index contributed by atoms with van der Waals surface area (Å²) >= 11 is 12.3. The number of nitriles is 1. The molecule has 0 bridgehead atoms. The van der Waals surface area contributed by atoms with E-state index in [1.165, 1.54) is 0 Å². The molecule has 114 valence electrons. The zero-order valence-electron chi connectivity index (χ0n) is 12.4. The van der Waals surface area contributed by atoms with Gasteiger partial charge in [0.2, 0.25) is 0 Å². The second-order valence-electron chi connectivity index (χ2n) is 4.98. The van der Waals surface area contributed by atoms with Crippen molar-refractivity contribution in [2.75, 3.05) is 0 Å². The van der Waals surface area contributed by atoms with Crippen molar-refractivity contribution >= 4 is 45.9 Å². The molecule has 0 fully saturated rings. The Morgan fingerprint density at radius 2 is 2.00 bits per heavy atom. The fraction of sp³-hybridized carbons (Fsp3) is 0.111. The molecular weight excluding hydrogens is 329 g/mol. The molecule has 1 aromatic heterocycles. The van der Waals surface area contributed by atoms with Gasteiger partial charge in [-0.05, 0) is 36.8 Å². The monoisotopic (exact) mass is 341 g/mol. The van der Waals surface area contributed by atoms with E-state index in [1.807, 2.05) is 41.8 Å². The summed E-state index contributed by atoms with van der Waals surface area (Å²) in [6, 6.07) is 15.4. The van der Waals surface area contributed by atoms with Crippen molar-refractivity contribution in [2.24, 2.45) is 0 Å². The lowest BCUT2D eigenvalue weighted by Gasteiger charge is -2.06. The van der Waals surface area contributed by atoms with Gasteiger partial charge in [0, 0.05) is 6.54 Å². The molecule has 0 aliphatic rings. The van der Waals surface area contributed by atoms with Crippen LogP contribution in [0.15, 0.2) is 42.5 Å². The van der Waals surface area contributed by atoms with Gasteiger partial charge in [-0.1, -0.05) is 47.5 Å². The Bertz CT molecular complexity index is 949. The topological polar surface area (TPSA) is 41.6 Å². The van der Waals surface area contributed by atoms with Crippen molar-refractivity contribution in [3.63, 3.8) is 0 Å². The van der Waals surface area contributed by atoms with Gasteiger partial charge in [0.1, 0.15) is 6.07 Å². The molecule has 2 aromatic carbocycles. The first-order chi connectivity index (χ1) is 11.2. The third kappa shape index (κ3) is 2.84. The molecule has 23 heavy (non-hydrogen) atoms. The highest BCUT2D eigenvalue weighted by Crippen LogP contribution is 2.29.